The molecule has 2 N–H and O–H groups in total. The number of rotatable bonds is 1. The average Bonchev–Trinajstić information content (AvgIpc) is 2.33. The smallest absolute Gasteiger partial charge is 0.320 e. The molecule has 1 aliphatic rings. The van der Waals surface area contributed by atoms with E-state index in [1.165, 1.54) is 30.6 Å². The van der Waals surface area contributed by atoms with Crippen LogP contribution >= 0.6 is 0 Å². The van der Waals surface area contributed by atoms with Gasteiger partial charge in [0.1, 0.15) is 0 Å². The SMILES string of the molecule is NC(=O)N1C=CC=NC1c1cccc(F)c1F. The molecule has 0 fully saturated rings. The van der Waals surface area contributed by atoms with Gasteiger partial charge in [-0.15, -0.1) is 0 Å². The Balaban J connectivity index is 2.45. The summed E-state index contributed by atoms with van der Waals surface area (Å²) >= 11 is 0. The van der Waals surface area contributed by atoms with Crippen LogP contribution in [0.4, 0.5) is 13.6 Å². The van der Waals surface area contributed by atoms with E-state index < -0.39 is 23.8 Å². The molecule has 0 radical (unpaired) electrons. The van der Waals surface area contributed by atoms with Gasteiger partial charge in [-0.2, -0.15) is 0 Å². The van der Waals surface area contributed by atoms with E-state index in [2.05, 4.69) is 4.99 Å². The van der Waals surface area contributed by atoms with Crippen molar-refractivity contribution >= 4 is 12.2 Å². The van der Waals surface area contributed by atoms with E-state index in [1.807, 2.05) is 0 Å². The fraction of sp³-hybridized carbons (Fsp3) is 0.0909. The molecule has 4 nitrogen and oxygen atoms in total. The molecule has 0 saturated heterocycles. The summed E-state index contributed by atoms with van der Waals surface area (Å²) in [7, 11) is 0. The molecule has 88 valence electrons. The molecule has 2 rings (SSSR count). The minimum absolute atomic E-state index is 0.0376. The predicted molar refractivity (Wildman–Crippen MR) is 58.2 cm³/mol. The number of benzene rings is 1. The van der Waals surface area contributed by atoms with Gasteiger partial charge in [-0.1, -0.05) is 12.1 Å². The van der Waals surface area contributed by atoms with Gasteiger partial charge in [0.2, 0.25) is 0 Å². The number of carbonyl (C=O) groups excluding carboxylic acids is 1. The van der Waals surface area contributed by atoms with E-state index in [4.69, 9.17) is 5.73 Å². The number of hydrogen-bond donors (Lipinski definition) is 1. The van der Waals surface area contributed by atoms with E-state index in [0.717, 1.165) is 11.0 Å². The minimum Gasteiger partial charge on any atom is -0.351 e. The Hall–Kier alpha value is -2.24. The van der Waals surface area contributed by atoms with Gasteiger partial charge >= 0.3 is 6.03 Å². The third-order valence-corrected chi connectivity index (χ3v) is 2.34. The third kappa shape index (κ3) is 2.01. The van der Waals surface area contributed by atoms with Crippen LogP contribution in [0.1, 0.15) is 11.7 Å². The first-order valence-corrected chi connectivity index (χ1v) is 4.83. The zero-order chi connectivity index (χ0) is 12.4. The maximum Gasteiger partial charge on any atom is 0.320 e. The number of nitrogens with zero attached hydrogens (tertiary/aromatic N) is 2. The fourth-order valence-corrected chi connectivity index (χ4v) is 1.56. The van der Waals surface area contributed by atoms with Gasteiger partial charge in [0, 0.05) is 18.0 Å². The molecule has 1 aromatic rings. The number of carbonyl (C=O) groups is 1. The van der Waals surface area contributed by atoms with Crippen LogP contribution in [0.2, 0.25) is 0 Å². The molecule has 1 unspecified atom stereocenters. The molecule has 0 bridgehead atoms. The highest BCUT2D eigenvalue weighted by Gasteiger charge is 2.25. The van der Waals surface area contributed by atoms with Gasteiger partial charge in [0.05, 0.1) is 0 Å². The van der Waals surface area contributed by atoms with Crippen LogP contribution in [0, 0.1) is 11.6 Å². The van der Waals surface area contributed by atoms with Crippen molar-refractivity contribution in [2.75, 3.05) is 0 Å². The summed E-state index contributed by atoms with van der Waals surface area (Å²) in [5, 5.41) is 0. The highest BCUT2D eigenvalue weighted by molar-refractivity contribution is 5.79. The number of halogens is 2. The summed E-state index contributed by atoms with van der Waals surface area (Å²) < 4.78 is 26.7. The van der Waals surface area contributed by atoms with E-state index in [-0.39, 0.29) is 5.56 Å². The zero-order valence-corrected chi connectivity index (χ0v) is 8.68. The van der Waals surface area contributed by atoms with E-state index in [0.29, 0.717) is 0 Å². The summed E-state index contributed by atoms with van der Waals surface area (Å²) in [6, 6.07) is 2.92. The van der Waals surface area contributed by atoms with Gasteiger partial charge in [-0.3, -0.25) is 9.89 Å². The Bertz CT molecular complexity index is 513. The lowest BCUT2D eigenvalue weighted by molar-refractivity contribution is 0.209. The van der Waals surface area contributed by atoms with Crippen molar-refractivity contribution in [3.63, 3.8) is 0 Å². The molecule has 1 aromatic carbocycles. The van der Waals surface area contributed by atoms with E-state index in [1.54, 1.807) is 0 Å². The van der Waals surface area contributed by atoms with E-state index >= 15 is 0 Å². The maximum atomic E-state index is 13.6. The number of primary amides is 1. The Labute approximate surface area is 96.0 Å². The van der Waals surface area contributed by atoms with Crippen LogP contribution in [-0.4, -0.2) is 17.1 Å². The minimum atomic E-state index is -1.03. The number of urea groups is 1. The van der Waals surface area contributed by atoms with Crippen molar-refractivity contribution in [1.29, 1.82) is 0 Å². The average molecular weight is 237 g/mol. The first-order chi connectivity index (χ1) is 8.11. The van der Waals surface area contributed by atoms with Crippen LogP contribution < -0.4 is 5.73 Å². The van der Waals surface area contributed by atoms with Gasteiger partial charge in [0.25, 0.3) is 0 Å². The number of nitrogens with two attached hydrogens (primary N) is 1. The quantitative estimate of drug-likeness (QED) is 0.797. The van der Waals surface area contributed by atoms with Gasteiger partial charge in [-0.25, -0.2) is 13.6 Å². The normalized spacial score (nSPS) is 18.5. The predicted octanol–water partition coefficient (Wildman–Crippen LogP) is 1.94. The molecule has 0 aromatic heterocycles. The highest BCUT2D eigenvalue weighted by Crippen LogP contribution is 2.27. The maximum absolute atomic E-state index is 13.6. The number of amides is 2. The van der Waals surface area contributed by atoms with Crippen molar-refractivity contribution in [1.82, 2.24) is 4.90 Å². The number of aliphatic imine (C=N–C) groups is 1. The number of allylic oxidation sites excluding steroid dienone is 1. The summed E-state index contributed by atoms with van der Waals surface area (Å²) in [4.78, 5) is 16.1. The Morgan fingerprint density at radius 2 is 2.18 bits per heavy atom. The second kappa shape index (κ2) is 4.32. The first-order valence-electron chi connectivity index (χ1n) is 4.83. The van der Waals surface area contributed by atoms with Crippen LogP contribution in [-0.2, 0) is 0 Å². The summed E-state index contributed by atoms with van der Waals surface area (Å²) in [5.41, 5.74) is 5.09. The molecular weight excluding hydrogens is 228 g/mol. The lowest BCUT2D eigenvalue weighted by Crippen LogP contribution is -2.35. The van der Waals surface area contributed by atoms with E-state index in [9.17, 15) is 13.6 Å². The topological polar surface area (TPSA) is 58.7 Å². The van der Waals surface area contributed by atoms with Crippen LogP contribution in [0.25, 0.3) is 0 Å². The molecular formula is C11H9F2N3O. The summed E-state index contributed by atoms with van der Waals surface area (Å²) in [6.07, 6.45) is 3.28. The zero-order valence-electron chi connectivity index (χ0n) is 8.68. The second-order valence-electron chi connectivity index (χ2n) is 3.40. The van der Waals surface area contributed by atoms with Gasteiger partial charge in [0.15, 0.2) is 17.8 Å². The van der Waals surface area contributed by atoms with Gasteiger partial charge in [-0.05, 0) is 12.1 Å². The second-order valence-corrected chi connectivity index (χ2v) is 3.40. The van der Waals surface area contributed by atoms with Gasteiger partial charge < -0.3 is 5.73 Å². The summed E-state index contributed by atoms with van der Waals surface area (Å²) in [6.45, 7) is 0. The Morgan fingerprint density at radius 1 is 1.41 bits per heavy atom. The molecule has 1 atom stereocenters. The van der Waals surface area contributed by atoms with Crippen LogP contribution in [0.15, 0.2) is 35.5 Å². The van der Waals surface area contributed by atoms with Crippen molar-refractivity contribution in [3.05, 3.63) is 47.7 Å². The molecule has 0 saturated carbocycles. The lowest BCUT2D eigenvalue weighted by Gasteiger charge is -2.26. The molecule has 17 heavy (non-hydrogen) atoms. The van der Waals surface area contributed by atoms with Crippen molar-refractivity contribution in [2.45, 2.75) is 6.17 Å². The Kier molecular flexibility index (Phi) is 2.86. The van der Waals surface area contributed by atoms with Crippen molar-refractivity contribution in [3.8, 4) is 0 Å². The summed E-state index contributed by atoms with van der Waals surface area (Å²) in [5.74, 6) is -2.02. The van der Waals surface area contributed by atoms with Crippen molar-refractivity contribution < 1.29 is 13.6 Å². The largest absolute Gasteiger partial charge is 0.351 e. The number of hydrogen-bond acceptors (Lipinski definition) is 2. The van der Waals surface area contributed by atoms with Crippen LogP contribution in [0.3, 0.4) is 0 Å². The standard InChI is InChI=1S/C11H9F2N3O/c12-8-4-1-3-7(9(8)13)10-15-5-2-6-16(10)11(14)17/h1-6,10H,(H2,14,17). The monoisotopic (exact) mass is 237 g/mol. The molecule has 6 heteroatoms. The highest BCUT2D eigenvalue weighted by atomic mass is 19.2. The molecule has 1 aliphatic heterocycles. The molecule has 0 aliphatic carbocycles. The first kappa shape index (κ1) is 11.3. The Morgan fingerprint density at radius 3 is 2.88 bits per heavy atom. The fourth-order valence-electron chi connectivity index (χ4n) is 1.56. The van der Waals surface area contributed by atoms with Crippen molar-refractivity contribution in [2.24, 2.45) is 10.7 Å². The molecule has 1 heterocycles. The molecule has 0 spiro atoms. The molecule has 2 amide bonds. The van der Waals surface area contributed by atoms with Crippen LogP contribution in [0.5, 0.6) is 0 Å². The lowest BCUT2D eigenvalue weighted by atomic mass is 10.1. The third-order valence-electron chi connectivity index (χ3n) is 2.34.